The van der Waals surface area contributed by atoms with Gasteiger partial charge in [0.1, 0.15) is 12.0 Å². The predicted molar refractivity (Wildman–Crippen MR) is 130 cm³/mol. The number of aliphatic hydroxyl groups excluding tert-OH is 1. The lowest BCUT2D eigenvalue weighted by Crippen LogP contribution is -2.69. The van der Waals surface area contributed by atoms with Gasteiger partial charge in [-0.1, -0.05) is 19.1 Å². The van der Waals surface area contributed by atoms with Crippen molar-refractivity contribution in [3.05, 3.63) is 46.2 Å². The number of aliphatic hydroxyl groups is 1. The lowest BCUT2D eigenvalue weighted by atomic mass is 9.43. The van der Waals surface area contributed by atoms with Gasteiger partial charge in [0.25, 0.3) is 0 Å². The number of carbonyl (C=O) groups excluding carboxylic acids is 2. The van der Waals surface area contributed by atoms with E-state index in [1.54, 1.807) is 25.2 Å². The molecule has 7 heteroatoms. The van der Waals surface area contributed by atoms with Crippen molar-refractivity contribution in [2.45, 2.75) is 64.5 Å². The van der Waals surface area contributed by atoms with Gasteiger partial charge < -0.3 is 5.11 Å². The number of alkyl halides is 2. The molecule has 1 N–H and O–H groups in total. The Labute approximate surface area is 209 Å². The number of halogens is 2. The molecule has 4 fully saturated rings. The maximum absolute atomic E-state index is 17.4. The Balaban J connectivity index is 1.41. The second-order valence-electron chi connectivity index (χ2n) is 12.1. The molecule has 6 rings (SSSR count). The number of likely N-dealkylation sites (tertiary alicyclic amines) is 1. The van der Waals surface area contributed by atoms with Crippen molar-refractivity contribution < 1.29 is 23.5 Å². The van der Waals surface area contributed by atoms with Gasteiger partial charge in [0.05, 0.1) is 11.5 Å². The lowest BCUT2D eigenvalue weighted by Gasteiger charge is -2.63. The van der Waals surface area contributed by atoms with E-state index in [9.17, 15) is 14.7 Å². The summed E-state index contributed by atoms with van der Waals surface area (Å²) in [5.74, 6) is -1.12. The molecule has 4 nitrogen and oxygen atoms in total. The van der Waals surface area contributed by atoms with Crippen molar-refractivity contribution >= 4 is 22.9 Å². The summed E-state index contributed by atoms with van der Waals surface area (Å²) < 4.78 is 33.0. The number of ketones is 2. The molecule has 0 aromatic carbocycles. The Morgan fingerprint density at radius 1 is 1.29 bits per heavy atom. The highest BCUT2D eigenvalue weighted by molar-refractivity contribution is 7.09. The van der Waals surface area contributed by atoms with Crippen LogP contribution in [0.2, 0.25) is 0 Å². The second-order valence-corrected chi connectivity index (χ2v) is 13.1. The molecule has 4 aliphatic carbocycles. The van der Waals surface area contributed by atoms with Gasteiger partial charge in [-0.2, -0.15) is 0 Å². The van der Waals surface area contributed by atoms with Crippen LogP contribution in [0.1, 0.15) is 44.9 Å². The summed E-state index contributed by atoms with van der Waals surface area (Å²) in [4.78, 5) is 29.1. The van der Waals surface area contributed by atoms with Crippen LogP contribution in [-0.2, 0) is 16.1 Å². The maximum atomic E-state index is 17.4. The first-order chi connectivity index (χ1) is 16.5. The number of nitrogens with zero attached hydrogens (tertiary/aromatic N) is 1. The van der Waals surface area contributed by atoms with Crippen LogP contribution in [0.15, 0.2) is 41.3 Å². The molecule has 3 saturated carbocycles. The SMILES string of the molecule is CC(=O)[C@@]12CN(Cc3cccs3)C[C@@H]1C[C@H]1[C@@H]3C[C@H](F)C4=CC(=O)C=C[C@]4(C)[C@@]3(F)[C@@H](O)C[C@@]12C. The van der Waals surface area contributed by atoms with Crippen LogP contribution in [-0.4, -0.2) is 52.6 Å². The highest BCUT2D eigenvalue weighted by atomic mass is 32.1. The molecular weight excluding hydrogens is 468 g/mol. The molecule has 188 valence electrons. The standard InChI is InChI=1S/C28H33F2NO3S/c1-16(32)27-15-31(14-19-5-4-8-35-19)13-17(27)9-20-21-11-23(29)22-10-18(33)6-7-25(22,2)28(21,30)24(34)12-26(20,27)3/h4-8,10,17,20-21,23-24,34H,9,11-15H2,1-3H3/t17-,20-,21-,23-,24-,25-,26-,27-,28-/m0/s1. The van der Waals surface area contributed by atoms with E-state index in [0.717, 1.165) is 13.1 Å². The molecule has 0 amide bonds. The third-order valence-electron chi connectivity index (χ3n) is 10.8. The van der Waals surface area contributed by atoms with E-state index >= 15 is 8.78 Å². The van der Waals surface area contributed by atoms with E-state index in [4.69, 9.17) is 0 Å². The smallest absolute Gasteiger partial charge is 0.178 e. The average molecular weight is 502 g/mol. The number of fused-ring (bicyclic) bond motifs is 7. The molecule has 1 aromatic heterocycles. The number of carbonyl (C=O) groups is 2. The van der Waals surface area contributed by atoms with Crippen LogP contribution in [0.4, 0.5) is 8.78 Å². The fourth-order valence-corrected chi connectivity index (χ4v) is 10.0. The van der Waals surface area contributed by atoms with E-state index in [0.29, 0.717) is 13.0 Å². The zero-order valence-electron chi connectivity index (χ0n) is 20.5. The van der Waals surface area contributed by atoms with Crippen molar-refractivity contribution in [3.8, 4) is 0 Å². The van der Waals surface area contributed by atoms with E-state index in [1.807, 2.05) is 6.07 Å². The van der Waals surface area contributed by atoms with E-state index < -0.39 is 40.1 Å². The number of hydrogen-bond donors (Lipinski definition) is 1. The zero-order valence-corrected chi connectivity index (χ0v) is 21.3. The molecule has 1 aromatic rings. The molecule has 0 radical (unpaired) electrons. The summed E-state index contributed by atoms with van der Waals surface area (Å²) in [5.41, 5.74) is -4.63. The Hall–Kier alpha value is -1.70. The number of thiophene rings is 1. The van der Waals surface area contributed by atoms with Crippen LogP contribution < -0.4 is 0 Å². The van der Waals surface area contributed by atoms with Gasteiger partial charge in [0.2, 0.25) is 0 Å². The first kappa shape index (κ1) is 23.7. The normalized spacial score (nSPS) is 48.7. The minimum Gasteiger partial charge on any atom is -0.390 e. The fourth-order valence-electron chi connectivity index (χ4n) is 9.29. The number of rotatable bonds is 3. The quantitative estimate of drug-likeness (QED) is 0.653. The first-order valence-electron chi connectivity index (χ1n) is 12.7. The van der Waals surface area contributed by atoms with Crippen LogP contribution in [0.5, 0.6) is 0 Å². The van der Waals surface area contributed by atoms with Crippen molar-refractivity contribution in [1.29, 1.82) is 0 Å². The Bertz CT molecular complexity index is 1150. The average Bonchev–Trinajstić information content (AvgIpc) is 3.48. The first-order valence-corrected chi connectivity index (χ1v) is 13.6. The summed E-state index contributed by atoms with van der Waals surface area (Å²) in [6.07, 6.45) is 1.98. The fraction of sp³-hybridized carbons (Fsp3) is 0.643. The second kappa shape index (κ2) is 7.42. The van der Waals surface area contributed by atoms with Crippen LogP contribution in [0, 0.1) is 34.0 Å². The monoisotopic (exact) mass is 501 g/mol. The summed E-state index contributed by atoms with van der Waals surface area (Å²) in [5, 5.41) is 13.6. The van der Waals surface area contributed by atoms with Crippen molar-refractivity contribution in [2.24, 2.45) is 34.0 Å². The van der Waals surface area contributed by atoms with Crippen molar-refractivity contribution in [2.75, 3.05) is 13.1 Å². The summed E-state index contributed by atoms with van der Waals surface area (Å²) >= 11 is 1.70. The lowest BCUT2D eigenvalue weighted by molar-refractivity contribution is -0.211. The summed E-state index contributed by atoms with van der Waals surface area (Å²) in [6, 6.07) is 4.13. The Morgan fingerprint density at radius 3 is 2.74 bits per heavy atom. The Morgan fingerprint density at radius 2 is 2.06 bits per heavy atom. The summed E-state index contributed by atoms with van der Waals surface area (Å²) in [6.45, 7) is 7.45. The maximum Gasteiger partial charge on any atom is 0.178 e. The zero-order chi connectivity index (χ0) is 25.0. The minimum absolute atomic E-state index is 0.0517. The van der Waals surface area contributed by atoms with E-state index in [-0.39, 0.29) is 41.8 Å². The van der Waals surface area contributed by atoms with Crippen LogP contribution in [0.3, 0.4) is 0 Å². The number of allylic oxidation sites excluding steroid dienone is 4. The van der Waals surface area contributed by atoms with Gasteiger partial charge in [-0.05, 0) is 79.5 Å². The van der Waals surface area contributed by atoms with Gasteiger partial charge in [-0.15, -0.1) is 11.3 Å². The van der Waals surface area contributed by atoms with E-state index in [2.05, 4.69) is 23.3 Å². The largest absolute Gasteiger partial charge is 0.390 e. The van der Waals surface area contributed by atoms with Gasteiger partial charge in [0, 0.05) is 35.8 Å². The third-order valence-corrected chi connectivity index (χ3v) is 11.7. The molecule has 0 spiro atoms. The Kier molecular flexibility index (Phi) is 5.02. The topological polar surface area (TPSA) is 57.6 Å². The molecule has 35 heavy (non-hydrogen) atoms. The number of Topliss-reactive ketones (excluding diaryl/α,β-unsaturated/α-hetero) is 1. The molecule has 9 atom stereocenters. The van der Waals surface area contributed by atoms with Crippen LogP contribution in [0.25, 0.3) is 0 Å². The molecule has 0 unspecified atom stereocenters. The molecule has 2 heterocycles. The van der Waals surface area contributed by atoms with E-state index in [1.165, 1.54) is 23.1 Å². The molecule has 1 aliphatic heterocycles. The van der Waals surface area contributed by atoms with Crippen molar-refractivity contribution in [3.63, 3.8) is 0 Å². The molecule has 5 aliphatic rings. The highest BCUT2D eigenvalue weighted by Gasteiger charge is 2.77. The highest BCUT2D eigenvalue weighted by Crippen LogP contribution is 2.74. The minimum atomic E-state index is -2.09. The molecule has 0 bridgehead atoms. The van der Waals surface area contributed by atoms with Gasteiger partial charge in [-0.25, -0.2) is 8.78 Å². The molecule has 1 saturated heterocycles. The molecular formula is C28H33F2NO3S. The third kappa shape index (κ3) is 2.78. The van der Waals surface area contributed by atoms with Crippen LogP contribution >= 0.6 is 11.3 Å². The van der Waals surface area contributed by atoms with Gasteiger partial charge >= 0.3 is 0 Å². The summed E-state index contributed by atoms with van der Waals surface area (Å²) in [7, 11) is 0. The number of hydrogen-bond acceptors (Lipinski definition) is 5. The predicted octanol–water partition coefficient (Wildman–Crippen LogP) is 4.68. The van der Waals surface area contributed by atoms with Gasteiger partial charge in [-0.3, -0.25) is 14.5 Å². The van der Waals surface area contributed by atoms with Crippen molar-refractivity contribution in [1.82, 2.24) is 4.90 Å². The van der Waals surface area contributed by atoms with Gasteiger partial charge in [0.15, 0.2) is 11.5 Å².